The van der Waals surface area contributed by atoms with Gasteiger partial charge in [-0.1, -0.05) is 26.8 Å². The van der Waals surface area contributed by atoms with Crippen LogP contribution in [0.5, 0.6) is 11.5 Å². The number of carbonyl (C=O) groups is 4. The molecule has 1 aliphatic heterocycles. The highest BCUT2D eigenvalue weighted by atomic mass is 32.1. The van der Waals surface area contributed by atoms with E-state index in [1.807, 2.05) is 46.1 Å². The summed E-state index contributed by atoms with van der Waals surface area (Å²) in [4.78, 5) is 65.1. The Kier molecular flexibility index (Phi) is 11.1. The van der Waals surface area contributed by atoms with Crippen molar-refractivity contribution < 1.29 is 38.5 Å². The smallest absolute Gasteiger partial charge is 0.408 e. The van der Waals surface area contributed by atoms with Crippen molar-refractivity contribution in [2.45, 2.75) is 109 Å². The lowest BCUT2D eigenvalue weighted by molar-refractivity contribution is -0.146. The maximum atomic E-state index is 14.6. The number of fused-ring (bicyclic) bond motifs is 1. The summed E-state index contributed by atoms with van der Waals surface area (Å²) in [5.41, 5.74) is -0.485. The van der Waals surface area contributed by atoms with Crippen LogP contribution < -0.4 is 25.4 Å². The maximum absolute atomic E-state index is 14.6. The molecule has 3 amide bonds. The quantitative estimate of drug-likeness (QED) is 0.155. The Morgan fingerprint density at radius 1 is 1.09 bits per heavy atom. The van der Waals surface area contributed by atoms with E-state index in [1.165, 1.54) is 22.3 Å². The van der Waals surface area contributed by atoms with Crippen LogP contribution in [0.1, 0.15) is 73.1 Å². The summed E-state index contributed by atoms with van der Waals surface area (Å²) in [6.07, 6.45) is 3.64. The fourth-order valence-corrected chi connectivity index (χ4v) is 8.09. The second-order valence-corrected chi connectivity index (χ2v) is 16.6. The van der Waals surface area contributed by atoms with Crippen LogP contribution >= 0.6 is 11.3 Å². The molecule has 1 unspecified atom stereocenters. The number of methoxy groups -OCH3 is 1. The molecule has 3 aliphatic rings. The number of amides is 3. The summed E-state index contributed by atoms with van der Waals surface area (Å²) in [7, 11) is 1.57. The van der Waals surface area contributed by atoms with E-state index in [1.54, 1.807) is 25.3 Å². The number of hydrogen-bond donors (Lipinski definition) is 4. The minimum atomic E-state index is -1.51. The molecule has 2 aliphatic carbocycles. The normalized spacial score (nSPS) is 23.2. The maximum Gasteiger partial charge on any atom is 0.408 e. The molecule has 2 aromatic heterocycles. The molecule has 290 valence electrons. The lowest BCUT2D eigenvalue weighted by Crippen LogP contribution is -2.59. The molecule has 1 saturated heterocycles. The monoisotopic (exact) mass is 762 g/mol. The zero-order chi connectivity index (χ0) is 38.9. The van der Waals surface area contributed by atoms with E-state index in [0.29, 0.717) is 33.8 Å². The van der Waals surface area contributed by atoms with Gasteiger partial charge in [0.1, 0.15) is 47.0 Å². The molecule has 54 heavy (non-hydrogen) atoms. The number of rotatable bonds is 13. The Bertz CT molecular complexity index is 1920. The molecular weight excluding hydrogens is 713 g/mol. The third-order valence-electron chi connectivity index (χ3n) is 10.3. The van der Waals surface area contributed by atoms with Crippen LogP contribution in [-0.2, 0) is 19.1 Å². The first kappa shape index (κ1) is 38.8. The third kappa shape index (κ3) is 8.25. The first-order chi connectivity index (χ1) is 25.6. The first-order valence-electron chi connectivity index (χ1n) is 18.4. The number of aliphatic carboxylic acids is 1. The molecule has 6 rings (SSSR count). The number of ether oxygens (including phenoxy) is 3. The number of carboxylic acid groups (broad SMARTS) is 1. The van der Waals surface area contributed by atoms with E-state index in [4.69, 9.17) is 24.2 Å². The molecule has 4 N–H and O–H groups in total. The number of carboxylic acids is 1. The van der Waals surface area contributed by atoms with E-state index in [9.17, 15) is 24.3 Å². The van der Waals surface area contributed by atoms with Crippen LogP contribution in [0.25, 0.3) is 22.3 Å². The number of alkyl carbamates (subject to hydrolysis) is 1. The number of nitrogens with one attached hydrogen (secondary N) is 3. The first-order valence-corrected chi connectivity index (χ1v) is 19.3. The zero-order valence-corrected chi connectivity index (χ0v) is 32.5. The Hall–Kier alpha value is -4.92. The van der Waals surface area contributed by atoms with Gasteiger partial charge in [-0.3, -0.25) is 9.59 Å². The summed E-state index contributed by atoms with van der Waals surface area (Å²) in [5, 5.41) is 22.2. The Labute approximate surface area is 319 Å². The molecule has 2 saturated carbocycles. The number of likely N-dealkylation sites (tertiary alicyclic amines) is 1. The second-order valence-electron chi connectivity index (χ2n) is 15.8. The number of carbonyl (C=O) groups excluding carboxylic acids is 3. The van der Waals surface area contributed by atoms with Crippen LogP contribution in [0.3, 0.4) is 0 Å². The van der Waals surface area contributed by atoms with Crippen LogP contribution in [0.2, 0.25) is 0 Å². The van der Waals surface area contributed by atoms with Crippen LogP contribution in [-0.4, -0.2) is 93.4 Å². The molecular formula is C39H50N6O8S. The molecule has 15 heteroatoms. The van der Waals surface area contributed by atoms with Gasteiger partial charge in [-0.2, -0.15) is 0 Å². The van der Waals surface area contributed by atoms with Gasteiger partial charge >= 0.3 is 12.1 Å². The van der Waals surface area contributed by atoms with Crippen molar-refractivity contribution in [1.82, 2.24) is 25.5 Å². The standard InChI is InChI=1S/C39H50N6O8S/c1-8-22-18-39(22,35(48)49)44-33(46)30-16-25(19-45(30)34(47)32(38(4,5)6)43-37(50)53-23-11-9-10-12-23)52-31-17-28(29-20-54-36(42-29)40-21(2)3)41-27-15-24(51-7)13-14-26(27)31/h8,13-15,17,20-23,25,30,32H,1,9-12,16,18-19H2,2-7H3,(H,40,42)(H,43,50)(H,44,46)(H,48,49)/t22-,25?,30+,32+,39-/m1/s1. The van der Waals surface area contributed by atoms with E-state index >= 15 is 0 Å². The predicted molar refractivity (Wildman–Crippen MR) is 205 cm³/mol. The second kappa shape index (κ2) is 15.4. The summed E-state index contributed by atoms with van der Waals surface area (Å²) >= 11 is 1.46. The third-order valence-corrected chi connectivity index (χ3v) is 11.1. The van der Waals surface area contributed by atoms with E-state index in [0.717, 1.165) is 30.8 Å². The van der Waals surface area contributed by atoms with Gasteiger partial charge in [0.15, 0.2) is 5.13 Å². The van der Waals surface area contributed by atoms with E-state index < -0.39 is 58.9 Å². The fraction of sp³-hybridized carbons (Fsp3) is 0.538. The molecule has 3 heterocycles. The molecule has 3 aromatic rings. The Morgan fingerprint density at radius 3 is 2.46 bits per heavy atom. The molecule has 14 nitrogen and oxygen atoms in total. The molecule has 0 spiro atoms. The van der Waals surface area contributed by atoms with E-state index in [2.05, 4.69) is 22.5 Å². The number of thiazole rings is 1. The highest BCUT2D eigenvalue weighted by molar-refractivity contribution is 7.14. The van der Waals surface area contributed by atoms with Crippen LogP contribution in [0.15, 0.2) is 42.3 Å². The van der Waals surface area contributed by atoms with E-state index in [-0.39, 0.29) is 31.5 Å². The topological polar surface area (TPSA) is 181 Å². The summed E-state index contributed by atoms with van der Waals surface area (Å²) < 4.78 is 17.8. The van der Waals surface area contributed by atoms with Crippen LogP contribution in [0.4, 0.5) is 9.93 Å². The van der Waals surface area contributed by atoms with Gasteiger partial charge in [-0.25, -0.2) is 19.6 Å². The summed E-state index contributed by atoms with van der Waals surface area (Å²) in [5.74, 6) is -1.69. The summed E-state index contributed by atoms with van der Waals surface area (Å²) in [6, 6.07) is 5.25. The number of nitrogens with zero attached hydrogens (tertiary/aromatic N) is 3. The number of aromatic nitrogens is 2. The average Bonchev–Trinajstić information content (AvgIpc) is 3.53. The minimum absolute atomic E-state index is 0.0116. The molecule has 1 aromatic carbocycles. The van der Waals surface area contributed by atoms with Crippen molar-refractivity contribution in [2.24, 2.45) is 11.3 Å². The zero-order valence-electron chi connectivity index (χ0n) is 31.6. The number of anilines is 1. The van der Waals surface area contributed by atoms with Crippen LogP contribution in [0, 0.1) is 11.3 Å². The molecule has 0 bridgehead atoms. The largest absolute Gasteiger partial charge is 0.497 e. The van der Waals surface area contributed by atoms with Gasteiger partial charge in [0.2, 0.25) is 11.8 Å². The fourth-order valence-electron chi connectivity index (χ4n) is 7.23. The highest BCUT2D eigenvalue weighted by Gasteiger charge is 2.61. The Balaban J connectivity index is 1.32. The predicted octanol–water partition coefficient (Wildman–Crippen LogP) is 5.76. The van der Waals surface area contributed by atoms with Crippen molar-refractivity contribution >= 4 is 51.2 Å². The number of hydrogen-bond acceptors (Lipinski definition) is 11. The summed E-state index contributed by atoms with van der Waals surface area (Å²) in [6.45, 7) is 13.2. The number of pyridine rings is 1. The van der Waals surface area contributed by atoms with Gasteiger partial charge < -0.3 is 40.2 Å². The SMILES string of the molecule is C=C[C@@H]1C[C@]1(NC(=O)[C@@H]1CC(Oc2cc(-c3csc(NC(C)C)n3)nc3cc(OC)ccc23)CN1C(=O)[C@H](NC(=O)OC1CCCC1)C(C)(C)C)C(=O)O. The minimum Gasteiger partial charge on any atom is -0.497 e. The number of benzene rings is 1. The van der Waals surface area contributed by atoms with Gasteiger partial charge in [-0.15, -0.1) is 17.9 Å². The average molecular weight is 763 g/mol. The van der Waals surface area contributed by atoms with Crippen molar-refractivity contribution in [3.05, 3.63) is 42.3 Å². The van der Waals surface area contributed by atoms with Crippen molar-refractivity contribution in [3.63, 3.8) is 0 Å². The van der Waals surface area contributed by atoms with Gasteiger partial charge in [0.05, 0.1) is 24.9 Å². The lowest BCUT2D eigenvalue weighted by atomic mass is 9.85. The van der Waals surface area contributed by atoms with Crippen molar-refractivity contribution in [1.29, 1.82) is 0 Å². The molecule has 5 atom stereocenters. The Morgan fingerprint density at radius 2 is 1.83 bits per heavy atom. The van der Waals surface area contributed by atoms with Crippen molar-refractivity contribution in [2.75, 3.05) is 19.0 Å². The lowest BCUT2D eigenvalue weighted by Gasteiger charge is -2.35. The van der Waals surface area contributed by atoms with Crippen molar-refractivity contribution in [3.8, 4) is 22.9 Å². The molecule has 3 fully saturated rings. The van der Waals surface area contributed by atoms with Gasteiger partial charge in [0, 0.05) is 41.3 Å². The van der Waals surface area contributed by atoms with Gasteiger partial charge in [-0.05, 0) is 63.5 Å². The molecule has 0 radical (unpaired) electrons. The van der Waals surface area contributed by atoms with Gasteiger partial charge in [0.25, 0.3) is 0 Å². The highest BCUT2D eigenvalue weighted by Crippen LogP contribution is 2.45.